The van der Waals surface area contributed by atoms with E-state index < -0.39 is 0 Å². The van der Waals surface area contributed by atoms with Crippen LogP contribution in [0.1, 0.15) is 56.7 Å². The van der Waals surface area contributed by atoms with Crippen molar-refractivity contribution >= 4 is 28.6 Å². The van der Waals surface area contributed by atoms with Crippen molar-refractivity contribution in [3.05, 3.63) is 35.5 Å². The Kier molecular flexibility index (Phi) is 6.34. The molecule has 0 saturated carbocycles. The summed E-state index contributed by atoms with van der Waals surface area (Å²) >= 11 is 0. The van der Waals surface area contributed by atoms with Gasteiger partial charge in [-0.25, -0.2) is 0 Å². The Balaban J connectivity index is 1.29. The highest BCUT2D eigenvalue weighted by Gasteiger charge is 2.44. The van der Waals surface area contributed by atoms with E-state index in [1.165, 1.54) is 5.69 Å². The summed E-state index contributed by atoms with van der Waals surface area (Å²) < 4.78 is 7.48. The molecule has 5 rings (SSSR count). The van der Waals surface area contributed by atoms with Crippen molar-refractivity contribution in [1.29, 1.82) is 5.41 Å². The predicted molar refractivity (Wildman–Crippen MR) is 131 cm³/mol. The third kappa shape index (κ3) is 4.08. The van der Waals surface area contributed by atoms with Crippen molar-refractivity contribution in [2.75, 3.05) is 19.7 Å². The normalized spacial score (nSPS) is 25.4. The predicted octanol–water partition coefficient (Wildman–Crippen LogP) is 2.65. The lowest BCUT2D eigenvalue weighted by Crippen LogP contribution is -2.51. The molecule has 3 aliphatic heterocycles. The van der Waals surface area contributed by atoms with Gasteiger partial charge >= 0.3 is 5.97 Å². The smallest absolute Gasteiger partial charge is 0.323 e. The van der Waals surface area contributed by atoms with Gasteiger partial charge in [-0.3, -0.25) is 19.9 Å². The van der Waals surface area contributed by atoms with Crippen LogP contribution in [0.2, 0.25) is 0 Å². The second-order valence-electron chi connectivity index (χ2n) is 9.80. The fourth-order valence-corrected chi connectivity index (χ4v) is 6.21. The van der Waals surface area contributed by atoms with Crippen LogP contribution in [0.4, 0.5) is 0 Å². The number of hydrogen-bond donors (Lipinski definition) is 2. The fourth-order valence-electron chi connectivity index (χ4n) is 6.21. The third-order valence-corrected chi connectivity index (χ3v) is 7.90. The maximum atomic E-state index is 13.6. The number of carbonyl (C=O) groups is 2. The number of cyclic esters (lactones) is 1. The number of carbonyl (C=O) groups excluding carboxylic acids is 2. The molecule has 1 aromatic heterocycles. The summed E-state index contributed by atoms with van der Waals surface area (Å²) in [6.45, 7) is 5.06. The standard InChI is InChI=1S/C26H35N5O3/c1-2-29-20(15-17-7-8-18(24(27)28)16-23(17)29)10-9-19-5-3-12-30(19)25(32)21-6-4-13-31(21)22-11-14-34-26(22)33/h7-8,15-16,19,21-22H,2-6,9-14H2,1H3,(H3,27,28)/t19-,21?,22?/m0/s1. The average molecular weight is 466 g/mol. The first-order valence-electron chi connectivity index (χ1n) is 12.7. The Bertz CT molecular complexity index is 1110. The van der Waals surface area contributed by atoms with Crippen molar-refractivity contribution < 1.29 is 14.3 Å². The Morgan fingerprint density at radius 2 is 2.00 bits per heavy atom. The molecule has 8 heteroatoms. The van der Waals surface area contributed by atoms with Gasteiger partial charge in [0.05, 0.1) is 12.6 Å². The Hall–Kier alpha value is -2.87. The zero-order chi connectivity index (χ0) is 23.8. The van der Waals surface area contributed by atoms with E-state index in [-0.39, 0.29) is 35.8 Å². The van der Waals surface area contributed by atoms with E-state index in [9.17, 15) is 9.59 Å². The molecule has 3 atom stereocenters. The van der Waals surface area contributed by atoms with Crippen molar-refractivity contribution in [2.45, 2.75) is 76.5 Å². The molecule has 0 spiro atoms. The molecule has 0 aliphatic carbocycles. The number of esters is 1. The molecule has 1 amide bonds. The summed E-state index contributed by atoms with van der Waals surface area (Å²) in [5, 5.41) is 8.91. The number of hydrogen-bond acceptors (Lipinski definition) is 5. The van der Waals surface area contributed by atoms with Crippen LogP contribution in [0.3, 0.4) is 0 Å². The van der Waals surface area contributed by atoms with Crippen molar-refractivity contribution in [3.63, 3.8) is 0 Å². The molecule has 3 N–H and O–H groups in total. The number of nitrogen functional groups attached to an aromatic ring is 1. The zero-order valence-electron chi connectivity index (χ0n) is 20.0. The number of rotatable bonds is 7. The molecule has 0 radical (unpaired) electrons. The van der Waals surface area contributed by atoms with Gasteiger partial charge in [0.1, 0.15) is 11.9 Å². The maximum Gasteiger partial charge on any atom is 0.323 e. The molecule has 182 valence electrons. The largest absolute Gasteiger partial charge is 0.464 e. The molecule has 2 aromatic rings. The highest BCUT2D eigenvalue weighted by atomic mass is 16.5. The van der Waals surface area contributed by atoms with Crippen LogP contribution >= 0.6 is 0 Å². The van der Waals surface area contributed by atoms with E-state index in [2.05, 4.69) is 27.4 Å². The molecule has 3 aliphatic rings. The van der Waals surface area contributed by atoms with Gasteiger partial charge in [0.2, 0.25) is 5.91 Å². The average Bonchev–Trinajstić information content (AvgIpc) is 3.61. The molecule has 3 fully saturated rings. The highest BCUT2D eigenvalue weighted by molar-refractivity contribution is 5.98. The van der Waals surface area contributed by atoms with E-state index in [4.69, 9.17) is 15.9 Å². The van der Waals surface area contributed by atoms with Gasteiger partial charge in [-0.05, 0) is 69.5 Å². The van der Waals surface area contributed by atoms with Gasteiger partial charge in [-0.2, -0.15) is 0 Å². The second-order valence-corrected chi connectivity index (χ2v) is 9.80. The lowest BCUT2D eigenvalue weighted by Gasteiger charge is -2.33. The first-order chi connectivity index (χ1) is 16.5. The number of likely N-dealkylation sites (tertiary alicyclic amines) is 2. The number of nitrogens with two attached hydrogens (primary N) is 1. The molecule has 3 saturated heterocycles. The lowest BCUT2D eigenvalue weighted by atomic mass is 10.1. The van der Waals surface area contributed by atoms with E-state index in [1.54, 1.807) is 0 Å². The van der Waals surface area contributed by atoms with E-state index in [0.717, 1.165) is 74.6 Å². The minimum atomic E-state index is -0.252. The number of fused-ring (bicyclic) bond motifs is 1. The van der Waals surface area contributed by atoms with Crippen LogP contribution in [0.5, 0.6) is 0 Å². The van der Waals surface area contributed by atoms with Crippen LogP contribution in [0, 0.1) is 5.41 Å². The van der Waals surface area contributed by atoms with Gasteiger partial charge in [0.15, 0.2) is 0 Å². The van der Waals surface area contributed by atoms with Gasteiger partial charge in [0, 0.05) is 42.3 Å². The maximum absolute atomic E-state index is 13.6. The number of amides is 1. The molecule has 0 bridgehead atoms. The number of benzene rings is 1. The Labute approximate surface area is 200 Å². The van der Waals surface area contributed by atoms with E-state index in [0.29, 0.717) is 13.0 Å². The molecule has 4 heterocycles. The number of nitrogens with zero attached hydrogens (tertiary/aromatic N) is 3. The molecule has 2 unspecified atom stereocenters. The number of aromatic nitrogens is 1. The van der Waals surface area contributed by atoms with Crippen molar-refractivity contribution in [3.8, 4) is 0 Å². The zero-order valence-corrected chi connectivity index (χ0v) is 20.0. The highest BCUT2D eigenvalue weighted by Crippen LogP contribution is 2.31. The SMILES string of the molecule is CCn1c(CC[C@@H]2CCCN2C(=O)C2CCCN2C2CCOC2=O)cc2ccc(C(=N)N)cc21. The van der Waals surface area contributed by atoms with Gasteiger partial charge < -0.3 is 19.9 Å². The first kappa shape index (κ1) is 22.9. The Morgan fingerprint density at radius 3 is 2.74 bits per heavy atom. The summed E-state index contributed by atoms with van der Waals surface area (Å²) in [5.41, 5.74) is 8.81. The minimum absolute atomic E-state index is 0.0826. The Morgan fingerprint density at radius 1 is 1.18 bits per heavy atom. The second kappa shape index (κ2) is 9.41. The lowest BCUT2D eigenvalue weighted by molar-refractivity contribution is -0.145. The number of aryl methyl sites for hydroxylation is 2. The van der Waals surface area contributed by atoms with Crippen molar-refractivity contribution in [2.24, 2.45) is 5.73 Å². The van der Waals surface area contributed by atoms with Crippen LogP contribution in [-0.4, -0.2) is 69.9 Å². The summed E-state index contributed by atoms with van der Waals surface area (Å²) in [5.74, 6) is 0.110. The summed E-state index contributed by atoms with van der Waals surface area (Å²) in [6, 6.07) is 7.96. The molecule has 8 nitrogen and oxygen atoms in total. The monoisotopic (exact) mass is 465 g/mol. The van der Waals surface area contributed by atoms with Gasteiger partial charge in [0.25, 0.3) is 0 Å². The van der Waals surface area contributed by atoms with Crippen molar-refractivity contribution in [1.82, 2.24) is 14.4 Å². The first-order valence-corrected chi connectivity index (χ1v) is 12.7. The molecule has 34 heavy (non-hydrogen) atoms. The van der Waals surface area contributed by atoms with Crippen LogP contribution in [-0.2, 0) is 27.3 Å². The summed E-state index contributed by atoms with van der Waals surface area (Å²) in [6.07, 6.45) is 6.37. The molecular weight excluding hydrogens is 430 g/mol. The summed E-state index contributed by atoms with van der Waals surface area (Å²) in [4.78, 5) is 30.0. The third-order valence-electron chi connectivity index (χ3n) is 7.90. The van der Waals surface area contributed by atoms with Crippen LogP contribution in [0.15, 0.2) is 24.3 Å². The summed E-state index contributed by atoms with van der Waals surface area (Å²) in [7, 11) is 0. The fraction of sp³-hybridized carbons (Fsp3) is 0.577. The van der Waals surface area contributed by atoms with Gasteiger partial charge in [-0.15, -0.1) is 0 Å². The van der Waals surface area contributed by atoms with Crippen LogP contribution < -0.4 is 5.73 Å². The number of ether oxygens (including phenoxy) is 1. The van der Waals surface area contributed by atoms with E-state index >= 15 is 0 Å². The quantitative estimate of drug-likeness (QED) is 0.372. The van der Waals surface area contributed by atoms with E-state index in [1.807, 2.05) is 18.2 Å². The number of nitrogens with one attached hydrogen (secondary N) is 1. The number of amidine groups is 1. The van der Waals surface area contributed by atoms with Gasteiger partial charge in [-0.1, -0.05) is 12.1 Å². The topological polar surface area (TPSA) is 105 Å². The molecule has 1 aromatic carbocycles. The molecular formula is C26H35N5O3. The minimum Gasteiger partial charge on any atom is -0.464 e. The van der Waals surface area contributed by atoms with Crippen LogP contribution in [0.25, 0.3) is 10.9 Å².